The lowest BCUT2D eigenvalue weighted by Gasteiger charge is -2.36. The first-order valence-corrected chi connectivity index (χ1v) is 9.21. The van der Waals surface area contributed by atoms with E-state index >= 15 is 0 Å². The lowest BCUT2D eigenvalue weighted by atomic mass is 9.75. The van der Waals surface area contributed by atoms with Crippen molar-refractivity contribution in [1.82, 2.24) is 0 Å². The molecule has 2 rings (SSSR count). The number of rotatable bonds is 5. The minimum atomic E-state index is 0.204. The van der Waals surface area contributed by atoms with Crippen LogP contribution in [0.4, 0.5) is 0 Å². The zero-order valence-corrected chi connectivity index (χ0v) is 14.7. The average Bonchev–Trinajstić information content (AvgIpc) is 2.47. The maximum atomic E-state index is 5.48. The quantitative estimate of drug-likeness (QED) is 0.654. The topological polar surface area (TPSA) is 9.23 Å². The zero-order valence-electron chi connectivity index (χ0n) is 11.5. The summed E-state index contributed by atoms with van der Waals surface area (Å²) in [6.07, 6.45) is 3.64. The molecule has 1 nitrogen and oxygen atoms in total. The van der Waals surface area contributed by atoms with Crippen LogP contribution in [-0.2, 0) is 10.2 Å². The smallest absolute Gasteiger partial charge is 0.0468 e. The Morgan fingerprint density at radius 1 is 1.11 bits per heavy atom. The van der Waals surface area contributed by atoms with E-state index in [1.54, 1.807) is 0 Å². The van der Waals surface area contributed by atoms with Gasteiger partial charge in [0.2, 0.25) is 0 Å². The minimum Gasteiger partial charge on any atom is -0.381 e. The lowest BCUT2D eigenvalue weighted by molar-refractivity contribution is 0.0584. The van der Waals surface area contributed by atoms with Gasteiger partial charge in [-0.25, -0.2) is 0 Å². The van der Waals surface area contributed by atoms with Crippen molar-refractivity contribution in [1.29, 1.82) is 0 Å². The van der Waals surface area contributed by atoms with E-state index in [-0.39, 0.29) is 5.41 Å². The molecule has 1 aliphatic rings. The van der Waals surface area contributed by atoms with E-state index in [0.29, 0.717) is 0 Å². The summed E-state index contributed by atoms with van der Waals surface area (Å²) in [6.45, 7) is 4.00. The molecule has 1 aromatic carbocycles. The fraction of sp³-hybridized carbons (Fsp3) is 0.625. The van der Waals surface area contributed by atoms with Gasteiger partial charge in [-0.2, -0.15) is 0 Å². The first kappa shape index (κ1) is 15.5. The number of aryl methyl sites for hydroxylation is 1. The van der Waals surface area contributed by atoms with Crippen LogP contribution in [0.2, 0.25) is 0 Å². The molecule has 3 heteroatoms. The number of halogens is 2. The van der Waals surface area contributed by atoms with Gasteiger partial charge < -0.3 is 4.74 Å². The summed E-state index contributed by atoms with van der Waals surface area (Å²) < 4.78 is 5.48. The van der Waals surface area contributed by atoms with Gasteiger partial charge in [-0.15, -0.1) is 0 Å². The van der Waals surface area contributed by atoms with E-state index in [2.05, 4.69) is 63.0 Å². The maximum Gasteiger partial charge on any atom is 0.0468 e. The molecule has 1 aromatic rings. The van der Waals surface area contributed by atoms with Crippen molar-refractivity contribution in [3.05, 3.63) is 35.4 Å². The molecule has 0 aliphatic carbocycles. The summed E-state index contributed by atoms with van der Waals surface area (Å²) in [6, 6.07) is 9.02. The summed E-state index contributed by atoms with van der Waals surface area (Å²) in [4.78, 5) is 0. The van der Waals surface area contributed by atoms with Crippen LogP contribution in [0.3, 0.4) is 0 Å². The van der Waals surface area contributed by atoms with Gasteiger partial charge >= 0.3 is 0 Å². The van der Waals surface area contributed by atoms with Crippen LogP contribution in [0.1, 0.15) is 30.4 Å². The molecule has 0 bridgehead atoms. The molecule has 0 atom stereocenters. The molecule has 0 N–H and O–H groups in total. The molecule has 106 valence electrons. The highest BCUT2D eigenvalue weighted by Crippen LogP contribution is 2.38. The van der Waals surface area contributed by atoms with Crippen molar-refractivity contribution in [2.45, 2.75) is 31.6 Å². The molecule has 1 saturated heterocycles. The molecule has 0 saturated carbocycles. The third-order valence-corrected chi connectivity index (χ3v) is 6.34. The second-order valence-corrected chi connectivity index (χ2v) is 6.79. The molecular weight excluding hydrogens is 368 g/mol. The Morgan fingerprint density at radius 2 is 1.68 bits per heavy atom. The minimum absolute atomic E-state index is 0.204. The molecule has 0 spiro atoms. The average molecular weight is 390 g/mol. The van der Waals surface area contributed by atoms with Crippen molar-refractivity contribution in [2.24, 2.45) is 5.92 Å². The molecular formula is C16H22Br2O. The number of hydrogen-bond acceptors (Lipinski definition) is 1. The standard InChI is InChI=1S/C16H22Br2O/c1-13-2-4-15(5-3-13)16(11-17,12-18)10-14-6-8-19-9-7-14/h2-5,14H,6-12H2,1H3. The molecule has 0 radical (unpaired) electrons. The number of ether oxygens (including phenoxy) is 1. The Balaban J connectivity index is 2.18. The normalized spacial score (nSPS) is 17.6. The van der Waals surface area contributed by atoms with E-state index in [0.717, 1.165) is 29.8 Å². The summed E-state index contributed by atoms with van der Waals surface area (Å²) >= 11 is 7.51. The van der Waals surface area contributed by atoms with Crippen LogP contribution in [0.15, 0.2) is 24.3 Å². The zero-order chi connectivity index (χ0) is 13.7. The molecule has 0 amide bonds. The van der Waals surface area contributed by atoms with Gasteiger partial charge in [0.1, 0.15) is 0 Å². The Hall–Kier alpha value is 0.140. The van der Waals surface area contributed by atoms with Crippen molar-refractivity contribution in [3.63, 3.8) is 0 Å². The monoisotopic (exact) mass is 388 g/mol. The highest BCUT2D eigenvalue weighted by atomic mass is 79.9. The molecule has 0 aromatic heterocycles. The van der Waals surface area contributed by atoms with Gasteiger partial charge in [0.25, 0.3) is 0 Å². The van der Waals surface area contributed by atoms with Crippen molar-refractivity contribution >= 4 is 31.9 Å². The Morgan fingerprint density at radius 3 is 2.21 bits per heavy atom. The third kappa shape index (κ3) is 3.83. The fourth-order valence-corrected chi connectivity index (χ4v) is 4.86. The van der Waals surface area contributed by atoms with Gasteiger partial charge in [0.15, 0.2) is 0 Å². The molecule has 19 heavy (non-hydrogen) atoms. The SMILES string of the molecule is Cc1ccc(C(CBr)(CBr)CC2CCOCC2)cc1. The second kappa shape index (κ2) is 7.24. The van der Waals surface area contributed by atoms with Crippen LogP contribution < -0.4 is 0 Å². The van der Waals surface area contributed by atoms with E-state index in [9.17, 15) is 0 Å². The Kier molecular flexibility index (Phi) is 5.91. The van der Waals surface area contributed by atoms with Gasteiger partial charge in [0, 0.05) is 29.3 Å². The summed E-state index contributed by atoms with van der Waals surface area (Å²) in [5.41, 5.74) is 2.97. The van der Waals surface area contributed by atoms with Gasteiger partial charge in [-0.1, -0.05) is 61.7 Å². The van der Waals surface area contributed by atoms with E-state index in [1.807, 2.05) is 0 Å². The van der Waals surface area contributed by atoms with Crippen molar-refractivity contribution in [3.8, 4) is 0 Å². The second-order valence-electron chi connectivity index (χ2n) is 5.67. The van der Waals surface area contributed by atoms with E-state index in [1.165, 1.54) is 30.4 Å². The highest BCUT2D eigenvalue weighted by molar-refractivity contribution is 9.09. The van der Waals surface area contributed by atoms with E-state index < -0.39 is 0 Å². The summed E-state index contributed by atoms with van der Waals surface area (Å²) in [5.74, 6) is 0.783. The van der Waals surface area contributed by atoms with Gasteiger partial charge in [0.05, 0.1) is 0 Å². The van der Waals surface area contributed by atoms with Crippen molar-refractivity contribution < 1.29 is 4.74 Å². The number of alkyl halides is 2. The summed E-state index contributed by atoms with van der Waals surface area (Å²) in [7, 11) is 0. The fourth-order valence-electron chi connectivity index (χ4n) is 2.83. The van der Waals surface area contributed by atoms with Crippen LogP contribution in [0.25, 0.3) is 0 Å². The van der Waals surface area contributed by atoms with Crippen LogP contribution in [0.5, 0.6) is 0 Å². The maximum absolute atomic E-state index is 5.48. The number of hydrogen-bond donors (Lipinski definition) is 0. The highest BCUT2D eigenvalue weighted by Gasteiger charge is 2.33. The first-order chi connectivity index (χ1) is 9.20. The third-order valence-electron chi connectivity index (χ3n) is 4.20. The first-order valence-electron chi connectivity index (χ1n) is 6.97. The largest absolute Gasteiger partial charge is 0.381 e. The predicted octanol–water partition coefficient (Wildman–Crippen LogP) is 4.84. The summed E-state index contributed by atoms with van der Waals surface area (Å²) in [5, 5.41) is 2.01. The van der Waals surface area contributed by atoms with Crippen molar-refractivity contribution in [2.75, 3.05) is 23.9 Å². The Bertz CT molecular complexity index is 378. The van der Waals surface area contributed by atoms with Crippen LogP contribution in [0, 0.1) is 12.8 Å². The lowest BCUT2D eigenvalue weighted by Crippen LogP contribution is -2.34. The molecule has 1 heterocycles. The predicted molar refractivity (Wildman–Crippen MR) is 88.6 cm³/mol. The van der Waals surface area contributed by atoms with Crippen LogP contribution >= 0.6 is 31.9 Å². The number of benzene rings is 1. The van der Waals surface area contributed by atoms with Crippen LogP contribution in [-0.4, -0.2) is 23.9 Å². The molecule has 0 unspecified atom stereocenters. The Labute approximate surface area is 133 Å². The van der Waals surface area contributed by atoms with Gasteiger partial charge in [-0.05, 0) is 37.7 Å². The van der Waals surface area contributed by atoms with E-state index in [4.69, 9.17) is 4.74 Å². The molecule has 1 fully saturated rings. The molecule has 1 aliphatic heterocycles. The van der Waals surface area contributed by atoms with Gasteiger partial charge in [-0.3, -0.25) is 0 Å².